The average Bonchev–Trinajstić information content (AvgIpc) is 3.12. The van der Waals surface area contributed by atoms with Crippen LogP contribution in [0.1, 0.15) is 62.8 Å². The zero-order chi connectivity index (χ0) is 25.4. The number of ketones is 1. The number of aryl methyl sites for hydroxylation is 1. The standard InChI is InChI=1S/C29H38N2O4/c1-5-8-19-35-24-12-9-11-23(20-24)27(32)25-26(22-15-13-21(4)14-16-22)31(29(34)28(25)33)18-10-17-30(6-2)7-3/h9,11-16,20,26,32H,5-8,10,17-19H2,1-4H3/b27-25+. The van der Waals surface area contributed by atoms with Crippen LogP contribution in [0.5, 0.6) is 5.75 Å². The number of hydrogen-bond acceptors (Lipinski definition) is 5. The van der Waals surface area contributed by atoms with E-state index in [1.54, 1.807) is 23.1 Å². The number of benzene rings is 2. The first-order valence-electron chi connectivity index (χ1n) is 12.7. The van der Waals surface area contributed by atoms with Gasteiger partial charge < -0.3 is 19.6 Å². The van der Waals surface area contributed by atoms with Gasteiger partial charge in [0.25, 0.3) is 11.7 Å². The second kappa shape index (κ2) is 12.5. The Labute approximate surface area is 209 Å². The predicted molar refractivity (Wildman–Crippen MR) is 139 cm³/mol. The second-order valence-corrected chi connectivity index (χ2v) is 9.01. The number of rotatable bonds is 12. The monoisotopic (exact) mass is 478 g/mol. The lowest BCUT2D eigenvalue weighted by molar-refractivity contribution is -0.140. The van der Waals surface area contributed by atoms with Crippen LogP contribution in [0.2, 0.25) is 0 Å². The van der Waals surface area contributed by atoms with Crippen molar-refractivity contribution in [3.63, 3.8) is 0 Å². The number of likely N-dealkylation sites (tertiary alicyclic amines) is 1. The Morgan fingerprint density at radius 3 is 2.40 bits per heavy atom. The highest BCUT2D eigenvalue weighted by Crippen LogP contribution is 2.39. The van der Waals surface area contributed by atoms with Crippen LogP contribution in [0.25, 0.3) is 5.76 Å². The Balaban J connectivity index is 1.98. The molecule has 1 saturated heterocycles. The lowest BCUT2D eigenvalue weighted by atomic mass is 9.94. The molecule has 2 aromatic carbocycles. The largest absolute Gasteiger partial charge is 0.507 e. The van der Waals surface area contributed by atoms with Crippen molar-refractivity contribution < 1.29 is 19.4 Å². The van der Waals surface area contributed by atoms with E-state index >= 15 is 0 Å². The number of ether oxygens (including phenoxy) is 1. The van der Waals surface area contributed by atoms with Gasteiger partial charge in [0.1, 0.15) is 11.5 Å². The molecule has 0 radical (unpaired) electrons. The van der Waals surface area contributed by atoms with Gasteiger partial charge >= 0.3 is 0 Å². The highest BCUT2D eigenvalue weighted by molar-refractivity contribution is 6.46. The zero-order valence-electron chi connectivity index (χ0n) is 21.4. The topological polar surface area (TPSA) is 70.1 Å². The third-order valence-electron chi connectivity index (χ3n) is 6.57. The van der Waals surface area contributed by atoms with Crippen LogP contribution in [0, 0.1) is 6.92 Å². The first-order valence-corrected chi connectivity index (χ1v) is 12.7. The fourth-order valence-corrected chi connectivity index (χ4v) is 4.43. The summed E-state index contributed by atoms with van der Waals surface area (Å²) in [6, 6.07) is 14.2. The number of carbonyl (C=O) groups is 2. The Hall–Kier alpha value is -3.12. The Morgan fingerprint density at radius 2 is 1.74 bits per heavy atom. The summed E-state index contributed by atoms with van der Waals surface area (Å²) in [7, 11) is 0. The van der Waals surface area contributed by atoms with Gasteiger partial charge in [0, 0.05) is 12.1 Å². The minimum Gasteiger partial charge on any atom is -0.507 e. The fourth-order valence-electron chi connectivity index (χ4n) is 4.43. The zero-order valence-corrected chi connectivity index (χ0v) is 21.4. The molecule has 1 aliphatic heterocycles. The van der Waals surface area contributed by atoms with Crippen LogP contribution in [-0.2, 0) is 9.59 Å². The molecule has 6 heteroatoms. The second-order valence-electron chi connectivity index (χ2n) is 9.01. The summed E-state index contributed by atoms with van der Waals surface area (Å²) in [5.74, 6) is -0.746. The average molecular weight is 479 g/mol. The summed E-state index contributed by atoms with van der Waals surface area (Å²) in [6.45, 7) is 12.1. The van der Waals surface area contributed by atoms with E-state index < -0.39 is 17.7 Å². The third kappa shape index (κ3) is 6.31. The van der Waals surface area contributed by atoms with Gasteiger partial charge in [-0.3, -0.25) is 9.59 Å². The maximum Gasteiger partial charge on any atom is 0.295 e. The number of aliphatic hydroxyl groups is 1. The highest BCUT2D eigenvalue weighted by Gasteiger charge is 2.45. The number of hydrogen-bond donors (Lipinski definition) is 1. The molecule has 1 atom stereocenters. The number of nitrogens with zero attached hydrogens (tertiary/aromatic N) is 2. The van der Waals surface area contributed by atoms with E-state index in [0.717, 1.165) is 50.0 Å². The summed E-state index contributed by atoms with van der Waals surface area (Å²) in [5.41, 5.74) is 2.50. The number of aliphatic hydroxyl groups excluding tert-OH is 1. The van der Waals surface area contributed by atoms with Gasteiger partial charge in [-0.25, -0.2) is 0 Å². The lowest BCUT2D eigenvalue weighted by Crippen LogP contribution is -2.33. The SMILES string of the molecule is CCCCOc1cccc(/C(O)=C2\C(=O)C(=O)N(CCCN(CC)CC)C2c2ccc(C)cc2)c1. The maximum absolute atomic E-state index is 13.2. The quantitative estimate of drug-likeness (QED) is 0.193. The molecule has 0 spiro atoms. The molecule has 35 heavy (non-hydrogen) atoms. The first kappa shape index (κ1) is 26.5. The van der Waals surface area contributed by atoms with Gasteiger partial charge in [-0.15, -0.1) is 0 Å². The van der Waals surface area contributed by atoms with Crippen LogP contribution in [-0.4, -0.2) is 59.4 Å². The third-order valence-corrected chi connectivity index (χ3v) is 6.57. The van der Waals surface area contributed by atoms with E-state index in [1.165, 1.54) is 0 Å². The summed E-state index contributed by atoms with van der Waals surface area (Å²) in [5, 5.41) is 11.3. The minimum atomic E-state index is -0.645. The van der Waals surface area contributed by atoms with Crippen molar-refractivity contribution in [3.8, 4) is 5.75 Å². The van der Waals surface area contributed by atoms with Gasteiger partial charge in [-0.05, 0) is 57.1 Å². The molecular formula is C29H38N2O4. The van der Waals surface area contributed by atoms with Crippen molar-refractivity contribution in [2.45, 2.75) is 53.0 Å². The molecule has 1 N–H and O–H groups in total. The van der Waals surface area contributed by atoms with Crippen molar-refractivity contribution in [2.75, 3.05) is 32.8 Å². The summed E-state index contributed by atoms with van der Waals surface area (Å²) in [6.07, 6.45) is 2.70. The predicted octanol–water partition coefficient (Wildman–Crippen LogP) is 5.33. The van der Waals surface area contributed by atoms with Gasteiger partial charge in [0.2, 0.25) is 0 Å². The van der Waals surface area contributed by atoms with E-state index in [-0.39, 0.29) is 11.3 Å². The normalized spacial score (nSPS) is 17.4. The number of Topliss-reactive ketones (excluding diaryl/α,β-unsaturated/α-hetero) is 1. The molecule has 2 aromatic rings. The van der Waals surface area contributed by atoms with Crippen LogP contribution in [0.3, 0.4) is 0 Å². The smallest absolute Gasteiger partial charge is 0.295 e. The Kier molecular flexibility index (Phi) is 9.49. The van der Waals surface area contributed by atoms with Crippen molar-refractivity contribution >= 4 is 17.4 Å². The van der Waals surface area contributed by atoms with Crippen LogP contribution in [0.15, 0.2) is 54.1 Å². The van der Waals surface area contributed by atoms with Crippen molar-refractivity contribution in [1.82, 2.24) is 9.80 Å². The Morgan fingerprint density at radius 1 is 1.03 bits per heavy atom. The summed E-state index contributed by atoms with van der Waals surface area (Å²) < 4.78 is 5.79. The molecule has 0 aromatic heterocycles. The molecule has 3 rings (SSSR count). The Bertz CT molecular complexity index is 1040. The van der Waals surface area contributed by atoms with Gasteiger partial charge in [0.15, 0.2) is 0 Å². The molecule has 1 unspecified atom stereocenters. The molecule has 1 heterocycles. The molecule has 1 amide bonds. The number of carbonyl (C=O) groups excluding carboxylic acids is 2. The van der Waals surface area contributed by atoms with E-state index in [4.69, 9.17) is 4.74 Å². The molecule has 0 bridgehead atoms. The van der Waals surface area contributed by atoms with Crippen molar-refractivity contribution in [2.24, 2.45) is 0 Å². The molecule has 0 aliphatic carbocycles. The number of unbranched alkanes of at least 4 members (excludes halogenated alkanes) is 1. The lowest BCUT2D eigenvalue weighted by Gasteiger charge is -2.27. The molecule has 0 saturated carbocycles. The first-order chi connectivity index (χ1) is 16.9. The van der Waals surface area contributed by atoms with E-state index in [1.807, 2.05) is 37.3 Å². The van der Waals surface area contributed by atoms with Gasteiger partial charge in [0.05, 0.1) is 18.2 Å². The number of amides is 1. The van der Waals surface area contributed by atoms with Crippen LogP contribution < -0.4 is 4.74 Å². The molecule has 1 fully saturated rings. The maximum atomic E-state index is 13.2. The van der Waals surface area contributed by atoms with Gasteiger partial charge in [-0.1, -0.05) is 69.2 Å². The molecule has 1 aliphatic rings. The van der Waals surface area contributed by atoms with Crippen LogP contribution in [0.4, 0.5) is 0 Å². The highest BCUT2D eigenvalue weighted by atomic mass is 16.5. The fraction of sp³-hybridized carbons (Fsp3) is 0.448. The van der Waals surface area contributed by atoms with Crippen molar-refractivity contribution in [3.05, 3.63) is 70.8 Å². The van der Waals surface area contributed by atoms with E-state index in [9.17, 15) is 14.7 Å². The molecule has 6 nitrogen and oxygen atoms in total. The minimum absolute atomic E-state index is 0.132. The van der Waals surface area contributed by atoms with Crippen molar-refractivity contribution in [1.29, 1.82) is 0 Å². The van der Waals surface area contributed by atoms with E-state index in [2.05, 4.69) is 25.7 Å². The van der Waals surface area contributed by atoms with Gasteiger partial charge in [-0.2, -0.15) is 0 Å². The summed E-state index contributed by atoms with van der Waals surface area (Å²) in [4.78, 5) is 30.3. The molecular weight excluding hydrogens is 440 g/mol. The van der Waals surface area contributed by atoms with Crippen LogP contribution >= 0.6 is 0 Å². The molecule has 188 valence electrons. The summed E-state index contributed by atoms with van der Waals surface area (Å²) >= 11 is 0. The van der Waals surface area contributed by atoms with E-state index in [0.29, 0.717) is 24.5 Å².